The summed E-state index contributed by atoms with van der Waals surface area (Å²) in [5.74, 6) is -1.18. The monoisotopic (exact) mass is 483 g/mol. The Hall–Kier alpha value is -3.59. The second kappa shape index (κ2) is 9.46. The molecule has 1 N–H and O–H groups in total. The number of ether oxygens (including phenoxy) is 2. The quantitative estimate of drug-likeness (QED) is 0.470. The maximum Gasteiger partial charge on any atom is 0.254 e. The van der Waals surface area contributed by atoms with Gasteiger partial charge in [0.05, 0.1) is 22.3 Å². The van der Waals surface area contributed by atoms with Crippen LogP contribution in [-0.2, 0) is 37.6 Å². The number of nitrogens with one attached hydrogen (secondary N) is 1. The molecule has 3 aliphatic heterocycles. The second-order valence-corrected chi connectivity index (χ2v) is 9.12. The molecule has 9 nitrogen and oxygen atoms in total. The van der Waals surface area contributed by atoms with E-state index in [0.29, 0.717) is 31.0 Å². The number of carbonyl (C=O) groups excluding carboxylic acids is 4. The smallest absolute Gasteiger partial charge is 0.254 e. The number of carbonyl (C=O) groups is 4. The molecule has 3 aliphatic rings. The summed E-state index contributed by atoms with van der Waals surface area (Å²) in [5.41, 5.74) is 2.41. The number of hydrogen-bond donors (Lipinski definition) is 1. The zero-order valence-corrected chi connectivity index (χ0v) is 19.6. The zero-order chi connectivity index (χ0) is 25.4. The molecule has 0 bridgehead atoms. The van der Waals surface area contributed by atoms with Crippen molar-refractivity contribution >= 4 is 39.3 Å². The molecule has 0 aliphatic carbocycles. The summed E-state index contributed by atoms with van der Waals surface area (Å²) in [4.78, 5) is 52.0. The van der Waals surface area contributed by atoms with Crippen LogP contribution < -0.4 is 10.1 Å². The van der Waals surface area contributed by atoms with Crippen LogP contribution in [0.2, 0.25) is 0 Å². The number of morpholine rings is 1. The number of benzene rings is 2. The number of fused-ring (bicyclic) bond motifs is 1. The van der Waals surface area contributed by atoms with Crippen molar-refractivity contribution in [1.82, 2.24) is 15.1 Å². The summed E-state index contributed by atoms with van der Waals surface area (Å²) >= 11 is 0. The minimum atomic E-state index is -1.79. The predicted molar refractivity (Wildman–Crippen MR) is 129 cm³/mol. The Kier molecular flexibility index (Phi) is 6.34. The Bertz CT molecular complexity index is 1230. The van der Waals surface area contributed by atoms with Gasteiger partial charge in [0.1, 0.15) is 25.0 Å². The molecule has 1 unspecified atom stereocenters. The first-order valence-corrected chi connectivity index (χ1v) is 11.7. The van der Waals surface area contributed by atoms with Crippen molar-refractivity contribution in [3.63, 3.8) is 0 Å². The van der Waals surface area contributed by atoms with E-state index < -0.39 is 29.1 Å². The number of amides is 4. The molecule has 1 atom stereocenters. The highest BCUT2D eigenvalue weighted by molar-refractivity contribution is 6.43. The second-order valence-electron chi connectivity index (χ2n) is 9.12. The van der Waals surface area contributed by atoms with Gasteiger partial charge >= 0.3 is 0 Å². The Balaban J connectivity index is 1.30. The van der Waals surface area contributed by atoms with Gasteiger partial charge in [0, 0.05) is 30.6 Å². The van der Waals surface area contributed by atoms with E-state index >= 15 is 0 Å². The average Bonchev–Trinajstić information content (AvgIpc) is 3.06. The van der Waals surface area contributed by atoms with Crippen LogP contribution >= 0.6 is 0 Å². The van der Waals surface area contributed by atoms with E-state index in [4.69, 9.17) is 25.2 Å². The lowest BCUT2D eigenvalue weighted by molar-refractivity contribution is -0.143. The molecule has 0 aromatic heterocycles. The first-order chi connectivity index (χ1) is 17.3. The molecule has 0 saturated carbocycles. The number of piperidine rings is 1. The highest BCUT2D eigenvalue weighted by Crippen LogP contribution is 2.42. The SMILES string of the molecule is [B]C1([B])c2c(OCc3ccc(CN4CCOCC4=O)cc3)cccc2C(=O)N1C1CCC(=O)NC1=O. The van der Waals surface area contributed by atoms with Gasteiger partial charge in [-0.1, -0.05) is 30.3 Å². The topological polar surface area (TPSA) is 105 Å². The lowest BCUT2D eigenvalue weighted by Crippen LogP contribution is -2.59. The lowest BCUT2D eigenvalue weighted by Gasteiger charge is -2.40. The summed E-state index contributed by atoms with van der Waals surface area (Å²) < 4.78 is 11.2. The number of nitrogens with zero attached hydrogens (tertiary/aromatic N) is 2. The number of imide groups is 1. The molecule has 2 aromatic carbocycles. The van der Waals surface area contributed by atoms with Crippen molar-refractivity contribution in [3.05, 3.63) is 64.7 Å². The molecule has 2 saturated heterocycles. The van der Waals surface area contributed by atoms with E-state index in [-0.39, 0.29) is 37.5 Å². The zero-order valence-electron chi connectivity index (χ0n) is 19.6. The van der Waals surface area contributed by atoms with Crippen molar-refractivity contribution < 1.29 is 28.7 Å². The van der Waals surface area contributed by atoms with Gasteiger partial charge in [-0.25, -0.2) is 0 Å². The molecule has 2 fully saturated rings. The third kappa shape index (κ3) is 4.39. The van der Waals surface area contributed by atoms with Crippen LogP contribution in [0.15, 0.2) is 42.5 Å². The Morgan fingerprint density at radius 2 is 1.81 bits per heavy atom. The van der Waals surface area contributed by atoms with Gasteiger partial charge in [-0.2, -0.15) is 0 Å². The van der Waals surface area contributed by atoms with Crippen LogP contribution in [0.4, 0.5) is 0 Å². The highest BCUT2D eigenvalue weighted by atomic mass is 16.5. The van der Waals surface area contributed by atoms with E-state index in [1.165, 1.54) is 0 Å². The molecule has 0 spiro atoms. The van der Waals surface area contributed by atoms with E-state index in [1.54, 1.807) is 23.1 Å². The van der Waals surface area contributed by atoms with Crippen molar-refractivity contribution in [1.29, 1.82) is 0 Å². The Morgan fingerprint density at radius 1 is 1.06 bits per heavy atom. The summed E-state index contributed by atoms with van der Waals surface area (Å²) in [5, 5.41) is 0.452. The molecule has 11 heteroatoms. The Labute approximate surface area is 210 Å². The predicted octanol–water partition coefficient (Wildman–Crippen LogP) is 0.333. The van der Waals surface area contributed by atoms with Gasteiger partial charge in [-0.05, 0) is 35.0 Å². The summed E-state index contributed by atoms with van der Waals surface area (Å²) in [7, 11) is 12.9. The fourth-order valence-corrected chi connectivity index (χ4v) is 4.83. The molecule has 4 radical (unpaired) electrons. The number of hydrogen-bond acceptors (Lipinski definition) is 6. The molecule has 4 amide bonds. The average molecular weight is 483 g/mol. The van der Waals surface area contributed by atoms with Crippen molar-refractivity contribution in [2.75, 3.05) is 19.8 Å². The summed E-state index contributed by atoms with van der Waals surface area (Å²) in [6, 6.07) is 11.6. The van der Waals surface area contributed by atoms with Crippen LogP contribution in [0, 0.1) is 0 Å². The normalized spacial score (nSPS) is 21.4. The first kappa shape index (κ1) is 24.1. The maximum atomic E-state index is 13.2. The van der Waals surface area contributed by atoms with E-state index in [1.807, 2.05) is 24.3 Å². The fraction of sp³-hybridized carbons (Fsp3) is 0.360. The van der Waals surface area contributed by atoms with Crippen LogP contribution in [-0.4, -0.2) is 74.9 Å². The summed E-state index contributed by atoms with van der Waals surface area (Å²) in [6.07, 6.45) is 0.227. The third-order valence-corrected chi connectivity index (χ3v) is 6.67. The van der Waals surface area contributed by atoms with Crippen molar-refractivity contribution in [3.8, 4) is 5.75 Å². The molecule has 3 heterocycles. The molecule has 180 valence electrons. The largest absolute Gasteiger partial charge is 0.489 e. The van der Waals surface area contributed by atoms with Crippen LogP contribution in [0.5, 0.6) is 5.75 Å². The number of rotatable bonds is 6. The van der Waals surface area contributed by atoms with Crippen LogP contribution in [0.1, 0.15) is 39.9 Å². The third-order valence-electron chi connectivity index (χ3n) is 6.67. The minimum absolute atomic E-state index is 0.0282. The van der Waals surface area contributed by atoms with Gasteiger partial charge in [0.25, 0.3) is 5.91 Å². The molecule has 2 aromatic rings. The minimum Gasteiger partial charge on any atom is -0.489 e. The molecular formula is C25H23B2N3O6. The van der Waals surface area contributed by atoms with Gasteiger partial charge in [-0.3, -0.25) is 24.5 Å². The van der Waals surface area contributed by atoms with Gasteiger partial charge in [-0.15, -0.1) is 0 Å². The van der Waals surface area contributed by atoms with E-state index in [9.17, 15) is 19.2 Å². The van der Waals surface area contributed by atoms with E-state index in [0.717, 1.165) is 16.0 Å². The van der Waals surface area contributed by atoms with Gasteiger partial charge in [0.2, 0.25) is 17.7 Å². The summed E-state index contributed by atoms with van der Waals surface area (Å²) in [6.45, 7) is 1.91. The van der Waals surface area contributed by atoms with E-state index in [2.05, 4.69) is 5.32 Å². The standard InChI is InChI=1S/C25H23B2N3O6/c26-25(27)22-17(24(34)30(25)18-8-9-20(31)28-23(18)33)2-1-3-19(22)36-13-16-6-4-15(5-7-16)12-29-10-11-35-14-21(29)32/h1-7,18H,8-14H2,(H,28,31,33). The fourth-order valence-electron chi connectivity index (χ4n) is 4.83. The molecular weight excluding hydrogens is 460 g/mol. The van der Waals surface area contributed by atoms with Crippen molar-refractivity contribution in [2.45, 2.75) is 37.4 Å². The van der Waals surface area contributed by atoms with Gasteiger partial charge < -0.3 is 19.3 Å². The highest BCUT2D eigenvalue weighted by Gasteiger charge is 2.49. The van der Waals surface area contributed by atoms with Crippen LogP contribution in [0.25, 0.3) is 0 Å². The molecule has 5 rings (SSSR count). The van der Waals surface area contributed by atoms with Crippen LogP contribution in [0.3, 0.4) is 0 Å². The maximum absolute atomic E-state index is 13.2. The Morgan fingerprint density at radius 3 is 2.53 bits per heavy atom. The van der Waals surface area contributed by atoms with Gasteiger partial charge in [0.15, 0.2) is 0 Å². The van der Waals surface area contributed by atoms with Crippen molar-refractivity contribution in [2.24, 2.45) is 0 Å². The molecule has 36 heavy (non-hydrogen) atoms. The first-order valence-electron chi connectivity index (χ1n) is 11.7. The lowest BCUT2D eigenvalue weighted by atomic mass is 9.57.